The maximum Gasteiger partial charge on any atom is 0.171 e. The van der Waals surface area contributed by atoms with Gasteiger partial charge in [-0.3, -0.25) is 4.79 Å². The van der Waals surface area contributed by atoms with Crippen LogP contribution in [0.3, 0.4) is 0 Å². The van der Waals surface area contributed by atoms with Gasteiger partial charge in [0.15, 0.2) is 11.9 Å². The molecule has 2 nitrogen and oxygen atoms in total. The molecule has 0 spiro atoms. The second-order valence-electron chi connectivity index (χ2n) is 4.87. The van der Waals surface area contributed by atoms with Gasteiger partial charge in [-0.25, -0.2) is 0 Å². The summed E-state index contributed by atoms with van der Waals surface area (Å²) in [4.78, 5) is 12.1. The maximum atomic E-state index is 12.1. The van der Waals surface area contributed by atoms with Gasteiger partial charge in [0.25, 0.3) is 0 Å². The molecule has 1 heterocycles. The third-order valence-electron chi connectivity index (χ3n) is 3.23. The van der Waals surface area contributed by atoms with Gasteiger partial charge in [0.1, 0.15) is 5.75 Å². The number of fused-ring (bicyclic) bond motifs is 1. The minimum atomic E-state index is -0.363. The lowest BCUT2D eigenvalue weighted by molar-refractivity contribution is 0.0900. The quantitative estimate of drug-likeness (QED) is 0.680. The topological polar surface area (TPSA) is 26.3 Å². The molecule has 1 atom stereocenters. The highest BCUT2D eigenvalue weighted by molar-refractivity contribution is 6.00. The predicted octanol–water partition coefficient (Wildman–Crippen LogP) is 3.38. The van der Waals surface area contributed by atoms with Gasteiger partial charge >= 0.3 is 0 Å². The van der Waals surface area contributed by atoms with Crippen molar-refractivity contribution in [1.29, 1.82) is 0 Å². The van der Waals surface area contributed by atoms with Crippen LogP contribution in [-0.4, -0.2) is 11.9 Å². The zero-order valence-electron chi connectivity index (χ0n) is 11.2. The number of carbonyl (C=O) groups is 1. The Hall–Kier alpha value is -2.53. The second kappa shape index (κ2) is 5.22. The van der Waals surface area contributed by atoms with E-state index < -0.39 is 0 Å². The molecule has 3 rings (SSSR count). The third kappa shape index (κ3) is 2.57. The molecule has 0 bridgehead atoms. The standard InChI is InChI=1S/C18H14O2/c1-13-7-10-18-16(11-13)17(19)12-15(20-18)9-8-14-5-3-2-4-6-14/h2-7,10-11,15H,12H2,1H3/t15-/m0/s1. The van der Waals surface area contributed by atoms with Crippen molar-refractivity contribution in [3.05, 3.63) is 65.2 Å². The van der Waals surface area contributed by atoms with E-state index in [2.05, 4.69) is 11.8 Å². The molecule has 20 heavy (non-hydrogen) atoms. The lowest BCUT2D eigenvalue weighted by Crippen LogP contribution is -2.25. The highest BCUT2D eigenvalue weighted by atomic mass is 16.5. The number of aryl methyl sites for hydroxylation is 1. The fraction of sp³-hybridized carbons (Fsp3) is 0.167. The Morgan fingerprint density at radius 1 is 1.15 bits per heavy atom. The van der Waals surface area contributed by atoms with Crippen LogP contribution in [0.25, 0.3) is 0 Å². The van der Waals surface area contributed by atoms with Crippen LogP contribution in [0.2, 0.25) is 0 Å². The van der Waals surface area contributed by atoms with Crippen LogP contribution in [0.15, 0.2) is 48.5 Å². The van der Waals surface area contributed by atoms with Crippen molar-refractivity contribution in [2.45, 2.75) is 19.4 Å². The van der Waals surface area contributed by atoms with E-state index in [1.54, 1.807) is 0 Å². The lowest BCUT2D eigenvalue weighted by atomic mass is 9.99. The number of carbonyl (C=O) groups excluding carboxylic acids is 1. The number of hydrogen-bond acceptors (Lipinski definition) is 2. The Labute approximate surface area is 118 Å². The minimum absolute atomic E-state index is 0.0994. The Bertz CT molecular complexity index is 705. The summed E-state index contributed by atoms with van der Waals surface area (Å²) >= 11 is 0. The fourth-order valence-corrected chi connectivity index (χ4v) is 2.20. The summed E-state index contributed by atoms with van der Waals surface area (Å²) < 4.78 is 5.78. The van der Waals surface area contributed by atoms with Gasteiger partial charge in [-0.15, -0.1) is 0 Å². The molecule has 0 saturated carbocycles. The van der Waals surface area contributed by atoms with E-state index >= 15 is 0 Å². The van der Waals surface area contributed by atoms with E-state index in [4.69, 9.17) is 4.74 Å². The Morgan fingerprint density at radius 3 is 2.75 bits per heavy atom. The van der Waals surface area contributed by atoms with Crippen molar-refractivity contribution < 1.29 is 9.53 Å². The number of ketones is 1. The molecule has 0 aliphatic carbocycles. The van der Waals surface area contributed by atoms with E-state index in [9.17, 15) is 4.79 Å². The van der Waals surface area contributed by atoms with Crippen molar-refractivity contribution in [1.82, 2.24) is 0 Å². The molecule has 1 aliphatic heterocycles. The number of benzene rings is 2. The molecular weight excluding hydrogens is 248 g/mol. The number of hydrogen-bond donors (Lipinski definition) is 0. The average Bonchev–Trinajstić information content (AvgIpc) is 2.47. The molecule has 0 saturated heterocycles. The summed E-state index contributed by atoms with van der Waals surface area (Å²) in [5.41, 5.74) is 2.66. The van der Waals surface area contributed by atoms with Crippen LogP contribution < -0.4 is 4.74 Å². The fourth-order valence-electron chi connectivity index (χ4n) is 2.20. The molecule has 0 aromatic heterocycles. The lowest BCUT2D eigenvalue weighted by Gasteiger charge is -2.21. The minimum Gasteiger partial charge on any atom is -0.477 e. The van der Waals surface area contributed by atoms with E-state index in [0.29, 0.717) is 17.7 Å². The molecule has 98 valence electrons. The van der Waals surface area contributed by atoms with Gasteiger partial charge < -0.3 is 4.74 Å². The van der Waals surface area contributed by atoms with Gasteiger partial charge in [-0.05, 0) is 31.2 Å². The largest absolute Gasteiger partial charge is 0.477 e. The van der Waals surface area contributed by atoms with Crippen molar-refractivity contribution >= 4 is 5.78 Å². The zero-order chi connectivity index (χ0) is 13.9. The summed E-state index contributed by atoms with van der Waals surface area (Å²) in [5.74, 6) is 6.82. The highest BCUT2D eigenvalue weighted by Gasteiger charge is 2.24. The average molecular weight is 262 g/mol. The molecule has 0 radical (unpaired) electrons. The Morgan fingerprint density at radius 2 is 1.95 bits per heavy atom. The van der Waals surface area contributed by atoms with Gasteiger partial charge in [-0.1, -0.05) is 41.7 Å². The van der Waals surface area contributed by atoms with Gasteiger partial charge in [0, 0.05) is 5.56 Å². The maximum absolute atomic E-state index is 12.1. The first-order valence-corrected chi connectivity index (χ1v) is 6.59. The van der Waals surface area contributed by atoms with Crippen molar-refractivity contribution in [3.8, 4) is 17.6 Å². The monoisotopic (exact) mass is 262 g/mol. The van der Waals surface area contributed by atoms with Crippen LogP contribution >= 0.6 is 0 Å². The number of Topliss-reactive ketones (excluding diaryl/α,β-unsaturated/α-hetero) is 1. The molecule has 0 N–H and O–H groups in total. The smallest absolute Gasteiger partial charge is 0.171 e. The first-order valence-electron chi connectivity index (χ1n) is 6.59. The van der Waals surface area contributed by atoms with Crippen molar-refractivity contribution in [2.24, 2.45) is 0 Å². The highest BCUT2D eigenvalue weighted by Crippen LogP contribution is 2.28. The molecular formula is C18H14O2. The summed E-state index contributed by atoms with van der Waals surface area (Å²) in [5, 5.41) is 0. The molecule has 2 aromatic carbocycles. The van der Waals surface area contributed by atoms with E-state index in [1.165, 1.54) is 0 Å². The van der Waals surface area contributed by atoms with Crippen molar-refractivity contribution in [2.75, 3.05) is 0 Å². The summed E-state index contributed by atoms with van der Waals surface area (Å²) in [6.45, 7) is 1.97. The van der Waals surface area contributed by atoms with Crippen LogP contribution in [0.4, 0.5) is 0 Å². The van der Waals surface area contributed by atoms with Crippen molar-refractivity contribution in [3.63, 3.8) is 0 Å². The first-order chi connectivity index (χ1) is 9.72. The summed E-state index contributed by atoms with van der Waals surface area (Å²) in [6, 6.07) is 15.4. The van der Waals surface area contributed by atoms with Gasteiger partial charge in [-0.2, -0.15) is 0 Å². The van der Waals surface area contributed by atoms with Crippen LogP contribution in [0.1, 0.15) is 27.9 Å². The molecule has 2 aromatic rings. The summed E-state index contributed by atoms with van der Waals surface area (Å²) in [7, 11) is 0. The van der Waals surface area contributed by atoms with E-state index in [-0.39, 0.29) is 11.9 Å². The van der Waals surface area contributed by atoms with Crippen LogP contribution in [0.5, 0.6) is 5.75 Å². The second-order valence-corrected chi connectivity index (χ2v) is 4.87. The van der Waals surface area contributed by atoms with Gasteiger partial charge in [0.05, 0.1) is 12.0 Å². The SMILES string of the molecule is Cc1ccc2c(c1)C(=O)C[C@H](C#Cc1ccccc1)O2. The predicted molar refractivity (Wildman–Crippen MR) is 77.9 cm³/mol. The third-order valence-corrected chi connectivity index (χ3v) is 3.23. The van der Waals surface area contributed by atoms with Gasteiger partial charge in [0.2, 0.25) is 0 Å². The summed E-state index contributed by atoms with van der Waals surface area (Å²) in [6.07, 6.45) is -0.0473. The normalized spacial score (nSPS) is 16.6. The molecule has 0 fully saturated rings. The molecule has 0 amide bonds. The molecule has 0 unspecified atom stereocenters. The zero-order valence-corrected chi connectivity index (χ0v) is 11.2. The Kier molecular flexibility index (Phi) is 3.26. The molecule has 2 heteroatoms. The van der Waals surface area contributed by atoms with E-state index in [0.717, 1.165) is 11.1 Å². The Balaban J connectivity index is 1.84. The van der Waals surface area contributed by atoms with Crippen LogP contribution in [0, 0.1) is 18.8 Å². The number of ether oxygens (including phenoxy) is 1. The molecule has 1 aliphatic rings. The number of rotatable bonds is 0. The van der Waals surface area contributed by atoms with E-state index in [1.807, 2.05) is 55.5 Å². The first kappa shape index (κ1) is 12.5. The van der Waals surface area contributed by atoms with Crippen LogP contribution in [-0.2, 0) is 0 Å².